The van der Waals surface area contributed by atoms with E-state index >= 15 is 0 Å². The van der Waals surface area contributed by atoms with Crippen LogP contribution in [0.3, 0.4) is 0 Å². The predicted molar refractivity (Wildman–Crippen MR) is 96.5 cm³/mol. The Balaban J connectivity index is 1.48. The molecule has 0 atom stereocenters. The summed E-state index contributed by atoms with van der Waals surface area (Å²) in [6, 6.07) is 16.0. The Labute approximate surface area is 150 Å². The molecule has 1 aliphatic heterocycles. The molecular formula is C20H18FN3O2. The lowest BCUT2D eigenvalue weighted by molar-refractivity contribution is 0.0747. The molecule has 0 bridgehead atoms. The largest absolute Gasteiger partial charge is 0.368 e. The molecule has 1 fully saturated rings. The van der Waals surface area contributed by atoms with Crippen molar-refractivity contribution >= 4 is 11.6 Å². The number of amides is 1. The van der Waals surface area contributed by atoms with E-state index in [9.17, 15) is 9.18 Å². The summed E-state index contributed by atoms with van der Waals surface area (Å²) < 4.78 is 18.4. The van der Waals surface area contributed by atoms with Gasteiger partial charge in [-0.1, -0.05) is 23.4 Å². The Morgan fingerprint density at radius 1 is 0.962 bits per heavy atom. The molecule has 0 spiro atoms. The highest BCUT2D eigenvalue weighted by Gasteiger charge is 2.26. The van der Waals surface area contributed by atoms with Gasteiger partial charge in [-0.2, -0.15) is 0 Å². The summed E-state index contributed by atoms with van der Waals surface area (Å²) in [5, 5.41) is 3.77. The van der Waals surface area contributed by atoms with Gasteiger partial charge in [0.25, 0.3) is 5.91 Å². The zero-order chi connectivity index (χ0) is 17.9. The molecule has 2 aromatic carbocycles. The van der Waals surface area contributed by atoms with Crippen molar-refractivity contribution in [3.05, 3.63) is 72.2 Å². The van der Waals surface area contributed by atoms with Gasteiger partial charge in [0.15, 0.2) is 5.76 Å². The quantitative estimate of drug-likeness (QED) is 0.725. The molecular weight excluding hydrogens is 333 g/mol. The first-order valence-electron chi connectivity index (χ1n) is 8.52. The van der Waals surface area contributed by atoms with Crippen LogP contribution in [0.15, 0.2) is 65.3 Å². The summed E-state index contributed by atoms with van der Waals surface area (Å²) in [5.41, 5.74) is 2.21. The molecule has 0 unspecified atom stereocenters. The number of rotatable bonds is 3. The molecule has 0 radical (unpaired) electrons. The van der Waals surface area contributed by atoms with E-state index in [1.807, 2.05) is 18.2 Å². The number of carbonyl (C=O) groups is 1. The Morgan fingerprint density at radius 2 is 1.65 bits per heavy atom. The monoisotopic (exact) mass is 351 g/mol. The van der Waals surface area contributed by atoms with Gasteiger partial charge in [-0.3, -0.25) is 4.79 Å². The molecule has 6 heteroatoms. The van der Waals surface area contributed by atoms with Crippen LogP contribution in [-0.4, -0.2) is 42.1 Å². The molecule has 1 amide bonds. The van der Waals surface area contributed by atoms with Gasteiger partial charge in [0, 0.05) is 37.4 Å². The average molecular weight is 351 g/mol. The topological polar surface area (TPSA) is 49.6 Å². The van der Waals surface area contributed by atoms with Crippen LogP contribution in [0.1, 0.15) is 10.4 Å². The third-order valence-corrected chi connectivity index (χ3v) is 4.60. The third kappa shape index (κ3) is 3.18. The third-order valence-electron chi connectivity index (χ3n) is 4.60. The van der Waals surface area contributed by atoms with Crippen LogP contribution < -0.4 is 4.90 Å². The highest BCUT2D eigenvalue weighted by Crippen LogP contribution is 2.25. The molecule has 3 aromatic rings. The summed E-state index contributed by atoms with van der Waals surface area (Å²) >= 11 is 0. The van der Waals surface area contributed by atoms with Gasteiger partial charge in [0.2, 0.25) is 0 Å². The molecule has 0 aliphatic carbocycles. The Kier molecular flexibility index (Phi) is 4.39. The minimum atomic E-state index is -0.335. The van der Waals surface area contributed by atoms with Gasteiger partial charge in [-0.25, -0.2) is 4.39 Å². The fourth-order valence-corrected chi connectivity index (χ4v) is 3.18. The second-order valence-corrected chi connectivity index (χ2v) is 6.19. The lowest BCUT2D eigenvalue weighted by Crippen LogP contribution is -2.48. The lowest BCUT2D eigenvalue weighted by Gasteiger charge is -2.36. The molecule has 26 heavy (non-hydrogen) atoms. The van der Waals surface area contributed by atoms with Crippen molar-refractivity contribution < 1.29 is 13.7 Å². The number of aromatic nitrogens is 1. The maximum atomic E-state index is 13.1. The second kappa shape index (κ2) is 7.00. The number of benzene rings is 2. The number of carbonyl (C=O) groups excluding carboxylic acids is 1. The van der Waals surface area contributed by atoms with Gasteiger partial charge < -0.3 is 14.3 Å². The number of halogens is 1. The van der Waals surface area contributed by atoms with Crippen molar-refractivity contribution in [3.63, 3.8) is 0 Å². The van der Waals surface area contributed by atoms with Gasteiger partial charge >= 0.3 is 0 Å². The number of nitrogens with zero attached hydrogens (tertiary/aromatic N) is 3. The Bertz CT molecular complexity index is 885. The highest BCUT2D eigenvalue weighted by molar-refractivity contribution is 5.99. The molecule has 132 valence electrons. The normalized spacial score (nSPS) is 14.5. The van der Waals surface area contributed by atoms with Crippen LogP contribution in [0.2, 0.25) is 0 Å². The van der Waals surface area contributed by atoms with E-state index in [0.29, 0.717) is 30.0 Å². The molecule has 4 rings (SSSR count). The van der Waals surface area contributed by atoms with Crippen molar-refractivity contribution in [2.75, 3.05) is 31.1 Å². The van der Waals surface area contributed by atoms with Crippen molar-refractivity contribution in [2.45, 2.75) is 0 Å². The number of hydrogen-bond donors (Lipinski definition) is 0. The molecule has 1 aromatic heterocycles. The fraction of sp³-hybridized carbons (Fsp3) is 0.200. The summed E-state index contributed by atoms with van der Waals surface area (Å²) in [7, 11) is 0. The Morgan fingerprint density at radius 3 is 2.35 bits per heavy atom. The van der Waals surface area contributed by atoms with Crippen LogP contribution in [-0.2, 0) is 0 Å². The maximum absolute atomic E-state index is 13.1. The summed E-state index contributed by atoms with van der Waals surface area (Å²) in [5.74, 6) is -0.0723. The standard InChI is InChI=1S/C20H18FN3O2/c21-16-8-6-15(7-9-16)19-18(14-22-26-19)20(25)24-12-10-23(11-13-24)17-4-2-1-3-5-17/h1-9,14H,10-13H2. The van der Waals surface area contributed by atoms with Crippen LogP contribution >= 0.6 is 0 Å². The molecule has 1 aliphatic rings. The minimum Gasteiger partial charge on any atom is -0.368 e. The predicted octanol–water partition coefficient (Wildman–Crippen LogP) is 3.44. The number of anilines is 1. The Hall–Kier alpha value is -3.15. The molecule has 0 N–H and O–H groups in total. The van der Waals surface area contributed by atoms with Crippen molar-refractivity contribution in [1.29, 1.82) is 0 Å². The lowest BCUT2D eigenvalue weighted by atomic mass is 10.1. The number of hydrogen-bond acceptors (Lipinski definition) is 4. The van der Waals surface area contributed by atoms with Gasteiger partial charge in [0.05, 0.1) is 6.20 Å². The summed E-state index contributed by atoms with van der Waals surface area (Å²) in [6.07, 6.45) is 1.44. The molecule has 0 saturated carbocycles. The van der Waals surface area contributed by atoms with Crippen LogP contribution in [0, 0.1) is 5.82 Å². The van der Waals surface area contributed by atoms with E-state index in [2.05, 4.69) is 22.2 Å². The first-order chi connectivity index (χ1) is 12.7. The van der Waals surface area contributed by atoms with E-state index in [-0.39, 0.29) is 11.7 Å². The van der Waals surface area contributed by atoms with Crippen molar-refractivity contribution in [1.82, 2.24) is 10.1 Å². The zero-order valence-corrected chi connectivity index (χ0v) is 14.1. The minimum absolute atomic E-state index is 0.113. The van der Waals surface area contributed by atoms with E-state index in [1.165, 1.54) is 18.3 Å². The van der Waals surface area contributed by atoms with Crippen LogP contribution in [0.25, 0.3) is 11.3 Å². The van der Waals surface area contributed by atoms with Crippen molar-refractivity contribution in [3.8, 4) is 11.3 Å². The molecule has 1 saturated heterocycles. The van der Waals surface area contributed by atoms with Gasteiger partial charge in [-0.15, -0.1) is 0 Å². The van der Waals surface area contributed by atoms with E-state index in [0.717, 1.165) is 18.8 Å². The van der Waals surface area contributed by atoms with E-state index in [1.54, 1.807) is 17.0 Å². The van der Waals surface area contributed by atoms with E-state index < -0.39 is 0 Å². The van der Waals surface area contributed by atoms with Gasteiger partial charge in [-0.05, 0) is 36.4 Å². The van der Waals surface area contributed by atoms with Crippen LogP contribution in [0.4, 0.5) is 10.1 Å². The SMILES string of the molecule is O=C(c1cnoc1-c1ccc(F)cc1)N1CCN(c2ccccc2)CC1. The smallest absolute Gasteiger partial charge is 0.259 e. The first kappa shape index (κ1) is 16.3. The number of piperazine rings is 1. The second-order valence-electron chi connectivity index (χ2n) is 6.19. The van der Waals surface area contributed by atoms with Crippen molar-refractivity contribution in [2.24, 2.45) is 0 Å². The van der Waals surface area contributed by atoms with Gasteiger partial charge in [0.1, 0.15) is 11.4 Å². The summed E-state index contributed by atoms with van der Waals surface area (Å²) in [4.78, 5) is 17.0. The maximum Gasteiger partial charge on any atom is 0.259 e. The zero-order valence-electron chi connectivity index (χ0n) is 14.1. The first-order valence-corrected chi connectivity index (χ1v) is 8.52. The van der Waals surface area contributed by atoms with E-state index in [4.69, 9.17) is 4.52 Å². The summed E-state index contributed by atoms with van der Waals surface area (Å²) in [6.45, 7) is 2.80. The average Bonchev–Trinajstić information content (AvgIpc) is 3.19. The van der Waals surface area contributed by atoms with Crippen LogP contribution in [0.5, 0.6) is 0 Å². The molecule has 5 nitrogen and oxygen atoms in total. The highest BCUT2D eigenvalue weighted by atomic mass is 19.1. The number of para-hydroxylation sites is 1. The molecule has 2 heterocycles. The fourth-order valence-electron chi connectivity index (χ4n) is 3.18.